The Hall–Kier alpha value is -6.96. The van der Waals surface area contributed by atoms with E-state index in [4.69, 9.17) is 4.42 Å². The highest BCUT2D eigenvalue weighted by Gasteiger charge is 2.20. The topological polar surface area (TPSA) is 13.1 Å². The maximum absolute atomic E-state index is 6.47. The Bertz CT molecular complexity index is 3150. The first-order valence-electron chi connectivity index (χ1n) is 18.3. The van der Waals surface area contributed by atoms with Gasteiger partial charge in [-0.3, -0.25) is 0 Å². The summed E-state index contributed by atoms with van der Waals surface area (Å²) in [4.78, 5) is 0. The molecule has 246 valence electrons. The molecule has 1 heterocycles. The molecule has 0 aliphatic rings. The largest absolute Gasteiger partial charge is 0.455 e. The molecule has 10 aromatic carbocycles. The summed E-state index contributed by atoms with van der Waals surface area (Å²) in [5, 5.41) is 12.1. The van der Waals surface area contributed by atoms with Crippen LogP contribution in [-0.4, -0.2) is 0 Å². The van der Waals surface area contributed by atoms with E-state index in [0.717, 1.165) is 27.3 Å². The minimum atomic E-state index is 0.911. The number of hydrogen-bond acceptors (Lipinski definition) is 1. The van der Waals surface area contributed by atoms with Crippen molar-refractivity contribution in [3.05, 3.63) is 194 Å². The molecular formula is C52H32O. The highest BCUT2D eigenvalue weighted by atomic mass is 16.3. The van der Waals surface area contributed by atoms with Gasteiger partial charge in [-0.25, -0.2) is 0 Å². The van der Waals surface area contributed by atoms with E-state index in [1.807, 2.05) is 0 Å². The zero-order chi connectivity index (χ0) is 34.9. The minimum Gasteiger partial charge on any atom is -0.455 e. The lowest BCUT2D eigenvalue weighted by Gasteiger charge is -2.20. The summed E-state index contributed by atoms with van der Waals surface area (Å²) >= 11 is 0. The summed E-state index contributed by atoms with van der Waals surface area (Å²) in [5.74, 6) is 0. The van der Waals surface area contributed by atoms with Crippen LogP contribution in [0.15, 0.2) is 199 Å². The van der Waals surface area contributed by atoms with Gasteiger partial charge in [-0.2, -0.15) is 0 Å². The molecule has 0 bridgehead atoms. The highest BCUT2D eigenvalue weighted by Crippen LogP contribution is 2.47. The van der Waals surface area contributed by atoms with Crippen LogP contribution in [0, 0.1) is 0 Å². The third-order valence-corrected chi connectivity index (χ3v) is 11.1. The van der Waals surface area contributed by atoms with Gasteiger partial charge in [0.05, 0.1) is 0 Å². The van der Waals surface area contributed by atoms with Crippen molar-refractivity contribution in [2.24, 2.45) is 0 Å². The quantitative estimate of drug-likeness (QED) is 0.170. The minimum absolute atomic E-state index is 0.911. The van der Waals surface area contributed by atoms with Crippen molar-refractivity contribution >= 4 is 65.0 Å². The summed E-state index contributed by atoms with van der Waals surface area (Å²) in [7, 11) is 0. The van der Waals surface area contributed by atoms with Gasteiger partial charge >= 0.3 is 0 Å². The van der Waals surface area contributed by atoms with Crippen LogP contribution in [0.3, 0.4) is 0 Å². The zero-order valence-corrected chi connectivity index (χ0v) is 28.9. The predicted octanol–water partition coefficient (Wildman–Crippen LogP) is 14.9. The number of rotatable bonds is 4. The SMILES string of the molecule is c1ccc(-c2ccc(-c3c4ccccc4c(-c4ccc(-c5ccc6oc7c8ccccc8ccc7c6c5)c5ccccc45)c4ccccc34)cc2)cc1. The van der Waals surface area contributed by atoms with E-state index < -0.39 is 0 Å². The number of fused-ring (bicyclic) bond motifs is 8. The van der Waals surface area contributed by atoms with Gasteiger partial charge in [0.15, 0.2) is 0 Å². The average molecular weight is 673 g/mol. The van der Waals surface area contributed by atoms with Gasteiger partial charge in [-0.05, 0) is 100 Å². The fourth-order valence-electron chi connectivity index (χ4n) is 8.63. The molecule has 11 aromatic rings. The van der Waals surface area contributed by atoms with Crippen molar-refractivity contribution in [1.29, 1.82) is 0 Å². The van der Waals surface area contributed by atoms with Crippen LogP contribution < -0.4 is 0 Å². The number of hydrogen-bond donors (Lipinski definition) is 0. The highest BCUT2D eigenvalue weighted by molar-refractivity contribution is 6.24. The van der Waals surface area contributed by atoms with Crippen molar-refractivity contribution < 1.29 is 4.42 Å². The van der Waals surface area contributed by atoms with Crippen molar-refractivity contribution in [3.8, 4) is 44.5 Å². The average Bonchev–Trinajstić information content (AvgIpc) is 3.61. The molecule has 0 fully saturated rings. The Kier molecular flexibility index (Phi) is 6.62. The molecule has 0 N–H and O–H groups in total. The monoisotopic (exact) mass is 672 g/mol. The van der Waals surface area contributed by atoms with Crippen LogP contribution in [-0.2, 0) is 0 Å². The molecular weight excluding hydrogens is 641 g/mol. The Balaban J connectivity index is 1.11. The summed E-state index contributed by atoms with van der Waals surface area (Å²) in [6.45, 7) is 0. The van der Waals surface area contributed by atoms with Crippen molar-refractivity contribution in [2.75, 3.05) is 0 Å². The second-order valence-electron chi connectivity index (χ2n) is 14.0. The van der Waals surface area contributed by atoms with Gasteiger partial charge in [0.2, 0.25) is 0 Å². The molecule has 53 heavy (non-hydrogen) atoms. The molecule has 0 saturated heterocycles. The van der Waals surface area contributed by atoms with E-state index >= 15 is 0 Å². The van der Waals surface area contributed by atoms with E-state index in [9.17, 15) is 0 Å². The smallest absolute Gasteiger partial charge is 0.143 e. The summed E-state index contributed by atoms with van der Waals surface area (Å²) in [5.41, 5.74) is 11.7. The predicted molar refractivity (Wildman–Crippen MR) is 225 cm³/mol. The molecule has 1 aromatic heterocycles. The number of furan rings is 1. The van der Waals surface area contributed by atoms with Crippen LogP contribution >= 0.6 is 0 Å². The van der Waals surface area contributed by atoms with E-state index in [2.05, 4.69) is 194 Å². The van der Waals surface area contributed by atoms with Crippen molar-refractivity contribution in [3.63, 3.8) is 0 Å². The first-order valence-corrected chi connectivity index (χ1v) is 18.3. The van der Waals surface area contributed by atoms with E-state index in [1.54, 1.807) is 0 Å². The first kappa shape index (κ1) is 29.7. The van der Waals surface area contributed by atoms with Crippen molar-refractivity contribution in [1.82, 2.24) is 0 Å². The van der Waals surface area contributed by atoms with Crippen LogP contribution in [0.1, 0.15) is 0 Å². The van der Waals surface area contributed by atoms with Crippen LogP contribution in [0.2, 0.25) is 0 Å². The molecule has 0 amide bonds. The molecule has 1 nitrogen and oxygen atoms in total. The Morgan fingerprint density at radius 2 is 0.774 bits per heavy atom. The summed E-state index contributed by atoms with van der Waals surface area (Å²) < 4.78 is 6.47. The lowest BCUT2D eigenvalue weighted by atomic mass is 9.83. The molecule has 0 unspecified atom stereocenters. The third-order valence-electron chi connectivity index (χ3n) is 11.1. The van der Waals surface area contributed by atoms with Crippen LogP contribution in [0.25, 0.3) is 110 Å². The van der Waals surface area contributed by atoms with Gasteiger partial charge in [0.25, 0.3) is 0 Å². The zero-order valence-electron chi connectivity index (χ0n) is 28.9. The number of benzene rings is 10. The molecule has 0 radical (unpaired) electrons. The van der Waals surface area contributed by atoms with Gasteiger partial charge in [0.1, 0.15) is 11.2 Å². The molecule has 0 aliphatic carbocycles. The molecule has 1 heteroatoms. The second-order valence-corrected chi connectivity index (χ2v) is 14.0. The fourth-order valence-corrected chi connectivity index (χ4v) is 8.63. The Morgan fingerprint density at radius 3 is 1.47 bits per heavy atom. The molecule has 0 atom stereocenters. The maximum atomic E-state index is 6.47. The van der Waals surface area contributed by atoms with Gasteiger partial charge in [-0.1, -0.05) is 176 Å². The standard InChI is InChI=1S/C52H32O/c1-2-12-33(13-3-1)34-22-24-36(25-23-34)50-42-18-8-10-20-44(42)51(45-21-11-9-19-43(45)50)46-30-29-38(40-16-6-7-17-41(40)46)37-27-31-49-48(32-37)47-28-26-35-14-4-5-15-39(35)52(47)53-49/h1-32H. The Morgan fingerprint density at radius 1 is 0.264 bits per heavy atom. The normalized spacial score (nSPS) is 11.8. The van der Waals surface area contributed by atoms with Gasteiger partial charge in [-0.15, -0.1) is 0 Å². The molecule has 11 rings (SSSR count). The lowest BCUT2D eigenvalue weighted by molar-refractivity contribution is 0.672. The van der Waals surface area contributed by atoms with Crippen LogP contribution in [0.4, 0.5) is 0 Å². The van der Waals surface area contributed by atoms with E-state index in [0.29, 0.717) is 0 Å². The lowest BCUT2D eigenvalue weighted by Crippen LogP contribution is -1.92. The molecule has 0 aliphatic heterocycles. The molecule has 0 saturated carbocycles. The van der Waals surface area contributed by atoms with Gasteiger partial charge in [0, 0.05) is 16.2 Å². The Labute approximate surface area is 307 Å². The van der Waals surface area contributed by atoms with Gasteiger partial charge < -0.3 is 4.42 Å². The van der Waals surface area contributed by atoms with Crippen molar-refractivity contribution in [2.45, 2.75) is 0 Å². The first-order chi connectivity index (χ1) is 26.3. The third kappa shape index (κ3) is 4.64. The summed E-state index contributed by atoms with van der Waals surface area (Å²) in [6, 6.07) is 70.5. The maximum Gasteiger partial charge on any atom is 0.143 e. The summed E-state index contributed by atoms with van der Waals surface area (Å²) in [6.07, 6.45) is 0. The second kappa shape index (κ2) is 11.8. The van der Waals surface area contributed by atoms with Crippen LogP contribution in [0.5, 0.6) is 0 Å². The fraction of sp³-hybridized carbons (Fsp3) is 0. The molecule has 0 spiro atoms. The van der Waals surface area contributed by atoms with E-state index in [-0.39, 0.29) is 0 Å². The van der Waals surface area contributed by atoms with E-state index in [1.165, 1.54) is 82.2 Å².